The second kappa shape index (κ2) is 13.5. The molecule has 0 saturated carbocycles. The summed E-state index contributed by atoms with van der Waals surface area (Å²) in [6.45, 7) is 8.12. The molecule has 4 fully saturated rings. The molecule has 4 aliphatic heterocycles. The van der Waals surface area contributed by atoms with Gasteiger partial charge in [0.05, 0.1) is 17.0 Å². The van der Waals surface area contributed by atoms with E-state index in [9.17, 15) is 22.8 Å². The molecule has 1 aromatic heterocycles. The highest BCUT2D eigenvalue weighted by Gasteiger charge is 2.41. The number of ether oxygens (including phenoxy) is 1. The van der Waals surface area contributed by atoms with Crippen molar-refractivity contribution < 1.29 is 22.7 Å². The smallest absolute Gasteiger partial charge is 0.264 e. The van der Waals surface area contributed by atoms with Gasteiger partial charge in [-0.15, -0.1) is 0 Å². The van der Waals surface area contributed by atoms with Crippen LogP contribution < -0.4 is 10.9 Å². The molecular weight excluding hydrogens is 594 g/mol. The predicted molar refractivity (Wildman–Crippen MR) is 173 cm³/mol. The predicted octanol–water partition coefficient (Wildman–Crippen LogP) is 2.05. The molecule has 1 aromatic carbocycles. The summed E-state index contributed by atoms with van der Waals surface area (Å²) >= 11 is 0. The maximum Gasteiger partial charge on any atom is 0.264 e. The first kappa shape index (κ1) is 32.2. The lowest BCUT2D eigenvalue weighted by Crippen LogP contribution is -2.52. The lowest BCUT2D eigenvalue weighted by molar-refractivity contribution is -0.142. The summed E-state index contributed by atoms with van der Waals surface area (Å²) in [6, 6.07) is 9.66. The van der Waals surface area contributed by atoms with Crippen molar-refractivity contribution in [2.45, 2.75) is 82.6 Å². The van der Waals surface area contributed by atoms with Crippen molar-refractivity contribution in [3.63, 3.8) is 0 Å². The Kier molecular flexibility index (Phi) is 9.65. The number of piperidine rings is 1. The molecule has 2 aromatic rings. The monoisotopic (exact) mass is 641 g/mol. The van der Waals surface area contributed by atoms with Crippen molar-refractivity contribution in [3.05, 3.63) is 46.2 Å². The van der Waals surface area contributed by atoms with Crippen LogP contribution in [0.5, 0.6) is 0 Å². The van der Waals surface area contributed by atoms with Crippen molar-refractivity contribution in [1.82, 2.24) is 24.6 Å². The number of hydrogen-bond donors (Lipinski definition) is 1. The maximum atomic E-state index is 13.4. The summed E-state index contributed by atoms with van der Waals surface area (Å²) in [5.74, 6) is -0.0207. The Morgan fingerprint density at radius 3 is 2.33 bits per heavy atom. The molecule has 2 amide bonds. The molecule has 0 radical (unpaired) electrons. The van der Waals surface area contributed by atoms with Gasteiger partial charge in [-0.2, -0.15) is 0 Å². The molecule has 246 valence electrons. The number of pyridine rings is 1. The second-order valence-corrected chi connectivity index (χ2v) is 15.8. The number of nitrogens with one attached hydrogen (secondary N) is 1. The van der Waals surface area contributed by atoms with Crippen molar-refractivity contribution in [2.24, 2.45) is 0 Å². The number of aromatic nitrogens is 1. The van der Waals surface area contributed by atoms with E-state index in [0.29, 0.717) is 45.9 Å². The first-order valence-electron chi connectivity index (χ1n) is 16.6. The van der Waals surface area contributed by atoms with Crippen LogP contribution in [0, 0.1) is 0 Å². The third kappa shape index (κ3) is 7.13. The van der Waals surface area contributed by atoms with Crippen LogP contribution in [0.25, 0.3) is 10.9 Å². The molecule has 45 heavy (non-hydrogen) atoms. The van der Waals surface area contributed by atoms with Gasteiger partial charge in [-0.1, -0.05) is 18.2 Å². The first-order valence-corrected chi connectivity index (χ1v) is 18.5. The second-order valence-electron chi connectivity index (χ2n) is 13.5. The number of carbonyl (C=O) groups is 2. The molecule has 11 nitrogen and oxygen atoms in total. The minimum absolute atomic E-state index is 0.0491. The van der Waals surface area contributed by atoms with Crippen LogP contribution in [0.1, 0.15) is 68.8 Å². The number of piperazine rings is 1. The van der Waals surface area contributed by atoms with Gasteiger partial charge in [-0.05, 0) is 69.9 Å². The average molecular weight is 642 g/mol. The van der Waals surface area contributed by atoms with Crippen LogP contribution in [0.3, 0.4) is 0 Å². The third-order valence-electron chi connectivity index (χ3n) is 10.2. The van der Waals surface area contributed by atoms with Gasteiger partial charge in [-0.3, -0.25) is 24.2 Å². The third-order valence-corrected chi connectivity index (χ3v) is 11.8. The molecule has 2 bridgehead atoms. The van der Waals surface area contributed by atoms with Crippen molar-refractivity contribution in [2.75, 3.05) is 57.4 Å². The lowest BCUT2D eigenvalue weighted by Gasteiger charge is -2.39. The number of sulfone groups is 1. The number of nitrogens with zero attached hydrogens (tertiary/aromatic N) is 4. The van der Waals surface area contributed by atoms with E-state index >= 15 is 0 Å². The Labute approximate surface area is 265 Å². The van der Waals surface area contributed by atoms with E-state index in [1.54, 1.807) is 10.6 Å². The van der Waals surface area contributed by atoms with Gasteiger partial charge in [0.25, 0.3) is 17.4 Å². The van der Waals surface area contributed by atoms with Crippen LogP contribution in [-0.4, -0.2) is 121 Å². The molecule has 6 rings (SSSR count). The highest BCUT2D eigenvalue weighted by Crippen LogP contribution is 2.35. The highest BCUT2D eigenvalue weighted by atomic mass is 32.2. The zero-order valence-electron chi connectivity index (χ0n) is 26.5. The maximum absolute atomic E-state index is 13.4. The van der Waals surface area contributed by atoms with Gasteiger partial charge in [0, 0.05) is 70.0 Å². The molecule has 3 atom stereocenters. The average Bonchev–Trinajstić information content (AvgIpc) is 3.64. The number of hydrogen-bond acceptors (Lipinski definition) is 8. The van der Waals surface area contributed by atoms with Crippen LogP contribution >= 0.6 is 0 Å². The molecule has 0 spiro atoms. The zero-order chi connectivity index (χ0) is 31.7. The molecule has 4 aliphatic rings. The van der Waals surface area contributed by atoms with E-state index in [-0.39, 0.29) is 64.7 Å². The van der Waals surface area contributed by atoms with Gasteiger partial charge >= 0.3 is 0 Å². The molecule has 4 saturated heterocycles. The van der Waals surface area contributed by atoms with Gasteiger partial charge in [0.1, 0.15) is 11.7 Å². The summed E-state index contributed by atoms with van der Waals surface area (Å²) in [4.78, 5) is 45.6. The van der Waals surface area contributed by atoms with Crippen LogP contribution in [-0.2, 0) is 19.4 Å². The molecular formula is C33H47N5O6S. The van der Waals surface area contributed by atoms with Crippen molar-refractivity contribution >= 4 is 32.6 Å². The van der Waals surface area contributed by atoms with Crippen LogP contribution in [0.15, 0.2) is 35.1 Å². The van der Waals surface area contributed by atoms with Crippen molar-refractivity contribution in [1.29, 1.82) is 0 Å². The number of amides is 2. The van der Waals surface area contributed by atoms with Gasteiger partial charge in [0.15, 0.2) is 9.84 Å². The van der Waals surface area contributed by atoms with Crippen LogP contribution in [0.2, 0.25) is 0 Å². The Bertz CT molecular complexity index is 1550. The summed E-state index contributed by atoms with van der Waals surface area (Å²) in [7, 11) is -3.24. The Morgan fingerprint density at radius 2 is 1.67 bits per heavy atom. The van der Waals surface area contributed by atoms with Gasteiger partial charge in [-0.25, -0.2) is 8.42 Å². The molecule has 1 N–H and O–H groups in total. The van der Waals surface area contributed by atoms with Gasteiger partial charge < -0.3 is 19.5 Å². The Morgan fingerprint density at radius 1 is 0.978 bits per heavy atom. The van der Waals surface area contributed by atoms with E-state index in [1.807, 2.05) is 43.0 Å². The minimum atomic E-state index is -3.24. The number of benzene rings is 1. The summed E-state index contributed by atoms with van der Waals surface area (Å²) < 4.78 is 33.3. The fourth-order valence-corrected chi connectivity index (χ4v) is 8.99. The summed E-state index contributed by atoms with van der Waals surface area (Å²) in [5, 5.41) is 4.01. The fourth-order valence-electron chi connectivity index (χ4n) is 7.76. The number of fused-ring (bicyclic) bond motifs is 3. The normalized spacial score (nSPS) is 26.2. The molecule has 0 aliphatic carbocycles. The first-order chi connectivity index (χ1) is 21.6. The standard InChI is InChI=1S/C33H47N5O6S/c1-23(2)38-29-7-4-3-6-24(29)20-28(32(38)40)31(39)34-25-21-26-9-10-27(22-25)37(26)16-19-45(42,43)18-15-35-11-13-36(14-12-35)33(41)30-8-5-17-44-30/h3-4,6-7,20,23,25-27,30H,5,8-19,21-22H2,1-2H3,(H,34,39). The minimum Gasteiger partial charge on any atom is -0.368 e. The van der Waals surface area contributed by atoms with Crippen molar-refractivity contribution in [3.8, 4) is 0 Å². The summed E-state index contributed by atoms with van der Waals surface area (Å²) in [5.41, 5.74) is 0.708. The largest absolute Gasteiger partial charge is 0.368 e. The van der Waals surface area contributed by atoms with Crippen LogP contribution in [0.4, 0.5) is 0 Å². The number of para-hydroxylation sites is 1. The van der Waals surface area contributed by atoms with E-state index in [1.165, 1.54) is 0 Å². The molecule has 3 unspecified atom stereocenters. The summed E-state index contributed by atoms with van der Waals surface area (Å²) in [6.07, 6.45) is 4.90. The number of rotatable bonds is 10. The lowest BCUT2D eigenvalue weighted by atomic mass is 9.97. The van der Waals surface area contributed by atoms with E-state index < -0.39 is 9.84 Å². The van der Waals surface area contributed by atoms with E-state index in [0.717, 1.165) is 49.4 Å². The quantitative estimate of drug-likeness (QED) is 0.419. The fraction of sp³-hybridized carbons (Fsp3) is 0.667. The molecule has 12 heteroatoms. The van der Waals surface area contributed by atoms with E-state index in [2.05, 4.69) is 15.1 Å². The SMILES string of the molecule is CC(C)n1c(=O)c(C(=O)NC2CC3CCC(C2)N3CCS(=O)(=O)CCN2CCN(C(=O)C3CCCO3)CC2)cc2ccccc21. The zero-order valence-corrected chi connectivity index (χ0v) is 27.3. The topological polar surface area (TPSA) is 121 Å². The number of carbonyl (C=O) groups excluding carboxylic acids is 2. The highest BCUT2D eigenvalue weighted by molar-refractivity contribution is 7.91. The Balaban J connectivity index is 0.980. The Hall–Kier alpha value is -2.80. The molecule has 5 heterocycles. The van der Waals surface area contributed by atoms with Gasteiger partial charge in [0.2, 0.25) is 0 Å². The van der Waals surface area contributed by atoms with E-state index in [4.69, 9.17) is 4.74 Å².